The average Bonchev–Trinajstić information content (AvgIpc) is 3.24. The van der Waals surface area contributed by atoms with E-state index >= 15 is 0 Å². The Labute approximate surface area is 181 Å². The number of carbonyl (C=O) groups is 1. The van der Waals surface area contributed by atoms with Gasteiger partial charge in [0.1, 0.15) is 12.4 Å². The molecule has 6 nitrogen and oxygen atoms in total. The molecular formula is C25H24N2O4. The number of nitrogens with zero attached hydrogens (tertiary/aromatic N) is 1. The second-order valence-corrected chi connectivity index (χ2v) is 7.95. The molecule has 1 atom stereocenters. The van der Waals surface area contributed by atoms with Crippen LogP contribution in [0.5, 0.6) is 17.2 Å². The number of fused-ring (bicyclic) bond motifs is 2. The highest BCUT2D eigenvalue weighted by atomic mass is 16.7. The lowest BCUT2D eigenvalue weighted by Gasteiger charge is -2.37. The van der Waals surface area contributed by atoms with Crippen molar-refractivity contribution < 1.29 is 19.0 Å². The SMILES string of the molecule is CC(C)N1C(=O)NC(c2ccc(OCc3ccccc3)cc2)c2cc3c(cc21)OCO3. The zero-order valence-electron chi connectivity index (χ0n) is 17.5. The number of nitrogens with one attached hydrogen (secondary N) is 1. The topological polar surface area (TPSA) is 60.0 Å². The molecule has 6 heteroatoms. The van der Waals surface area contributed by atoms with Crippen molar-refractivity contribution >= 4 is 11.7 Å². The van der Waals surface area contributed by atoms with E-state index in [4.69, 9.17) is 14.2 Å². The van der Waals surface area contributed by atoms with Gasteiger partial charge in [-0.2, -0.15) is 0 Å². The van der Waals surface area contributed by atoms with E-state index < -0.39 is 0 Å². The van der Waals surface area contributed by atoms with Crippen LogP contribution in [-0.4, -0.2) is 18.9 Å². The highest BCUT2D eigenvalue weighted by molar-refractivity contribution is 5.97. The number of hydrogen-bond donors (Lipinski definition) is 1. The Morgan fingerprint density at radius 3 is 2.45 bits per heavy atom. The third-order valence-electron chi connectivity index (χ3n) is 5.56. The zero-order valence-corrected chi connectivity index (χ0v) is 17.5. The first-order valence-corrected chi connectivity index (χ1v) is 10.4. The molecule has 3 aromatic rings. The van der Waals surface area contributed by atoms with E-state index in [-0.39, 0.29) is 24.9 Å². The first-order chi connectivity index (χ1) is 15.1. The molecule has 0 spiro atoms. The van der Waals surface area contributed by atoms with Crippen molar-refractivity contribution in [2.24, 2.45) is 0 Å². The summed E-state index contributed by atoms with van der Waals surface area (Å²) in [4.78, 5) is 14.7. The highest BCUT2D eigenvalue weighted by Crippen LogP contribution is 2.44. The first kappa shape index (κ1) is 19.3. The van der Waals surface area contributed by atoms with Gasteiger partial charge < -0.3 is 19.5 Å². The van der Waals surface area contributed by atoms with Crippen LogP contribution in [0.1, 0.15) is 36.6 Å². The van der Waals surface area contributed by atoms with E-state index in [1.807, 2.05) is 80.6 Å². The molecule has 1 unspecified atom stereocenters. The molecule has 0 aromatic heterocycles. The third kappa shape index (κ3) is 3.65. The van der Waals surface area contributed by atoms with E-state index in [0.717, 1.165) is 28.1 Å². The summed E-state index contributed by atoms with van der Waals surface area (Å²) < 4.78 is 17.0. The smallest absolute Gasteiger partial charge is 0.322 e. The van der Waals surface area contributed by atoms with Crippen molar-refractivity contribution in [1.29, 1.82) is 0 Å². The van der Waals surface area contributed by atoms with Crippen LogP contribution in [-0.2, 0) is 6.61 Å². The lowest BCUT2D eigenvalue weighted by atomic mass is 9.93. The number of benzene rings is 3. The summed E-state index contributed by atoms with van der Waals surface area (Å²) in [5, 5.41) is 3.14. The second kappa shape index (κ2) is 7.87. The summed E-state index contributed by atoms with van der Waals surface area (Å²) in [5.41, 5.74) is 3.92. The van der Waals surface area contributed by atoms with Gasteiger partial charge in [0, 0.05) is 17.7 Å². The number of rotatable bonds is 5. The van der Waals surface area contributed by atoms with Gasteiger partial charge in [0.2, 0.25) is 6.79 Å². The molecule has 1 N–H and O–H groups in total. The van der Waals surface area contributed by atoms with E-state index in [1.54, 1.807) is 4.90 Å². The summed E-state index contributed by atoms with van der Waals surface area (Å²) >= 11 is 0. The summed E-state index contributed by atoms with van der Waals surface area (Å²) in [7, 11) is 0. The van der Waals surface area contributed by atoms with Gasteiger partial charge in [0.15, 0.2) is 11.5 Å². The molecule has 0 saturated carbocycles. The maximum atomic E-state index is 12.9. The van der Waals surface area contributed by atoms with Crippen molar-refractivity contribution in [3.63, 3.8) is 0 Å². The van der Waals surface area contributed by atoms with Crippen LogP contribution in [0.4, 0.5) is 10.5 Å². The Kier molecular flexibility index (Phi) is 4.90. The van der Waals surface area contributed by atoms with Gasteiger partial charge >= 0.3 is 6.03 Å². The molecule has 0 aliphatic carbocycles. The number of carbonyl (C=O) groups excluding carboxylic acids is 1. The molecule has 158 valence electrons. The molecule has 2 aliphatic rings. The Morgan fingerprint density at radius 1 is 1.03 bits per heavy atom. The van der Waals surface area contributed by atoms with Gasteiger partial charge in [-0.3, -0.25) is 4.90 Å². The Bertz CT molecular complexity index is 1100. The standard InChI is InChI=1S/C25H24N2O4/c1-16(2)27-21-13-23-22(30-15-31-23)12-20(21)24(26-25(27)28)18-8-10-19(11-9-18)29-14-17-6-4-3-5-7-17/h3-13,16,24H,14-15H2,1-2H3,(H,26,28). The molecule has 2 amide bonds. The van der Waals surface area contributed by atoms with Crippen molar-refractivity contribution in [3.05, 3.63) is 83.4 Å². The van der Waals surface area contributed by atoms with Gasteiger partial charge in [0.25, 0.3) is 0 Å². The Balaban J connectivity index is 1.43. The number of anilines is 1. The van der Waals surface area contributed by atoms with Gasteiger partial charge in [-0.05, 0) is 43.2 Å². The fourth-order valence-electron chi connectivity index (χ4n) is 4.04. The molecule has 3 aromatic carbocycles. The maximum absolute atomic E-state index is 12.9. The second-order valence-electron chi connectivity index (χ2n) is 7.95. The van der Waals surface area contributed by atoms with Gasteiger partial charge in [0.05, 0.1) is 11.7 Å². The zero-order chi connectivity index (χ0) is 21.4. The van der Waals surface area contributed by atoms with Crippen LogP contribution in [0.25, 0.3) is 0 Å². The van der Waals surface area contributed by atoms with E-state index in [0.29, 0.717) is 18.1 Å². The Morgan fingerprint density at radius 2 is 1.74 bits per heavy atom. The fourth-order valence-corrected chi connectivity index (χ4v) is 4.04. The predicted octanol–water partition coefficient (Wildman–Crippen LogP) is 5.02. The lowest BCUT2D eigenvalue weighted by Crippen LogP contribution is -2.50. The minimum atomic E-state index is -0.282. The van der Waals surface area contributed by atoms with Gasteiger partial charge in [-0.1, -0.05) is 42.5 Å². The van der Waals surface area contributed by atoms with Crippen molar-refractivity contribution in [2.75, 3.05) is 11.7 Å². The number of urea groups is 1. The van der Waals surface area contributed by atoms with Crippen LogP contribution < -0.4 is 24.4 Å². The minimum absolute atomic E-state index is 0.00818. The van der Waals surface area contributed by atoms with E-state index in [9.17, 15) is 4.79 Å². The molecular weight excluding hydrogens is 392 g/mol. The van der Waals surface area contributed by atoms with E-state index in [2.05, 4.69) is 5.32 Å². The monoisotopic (exact) mass is 416 g/mol. The highest BCUT2D eigenvalue weighted by Gasteiger charge is 2.35. The normalized spacial score (nSPS) is 16.8. The van der Waals surface area contributed by atoms with Crippen LogP contribution in [0.2, 0.25) is 0 Å². The molecule has 2 aliphatic heterocycles. The summed E-state index contributed by atoms with van der Waals surface area (Å²) in [6.07, 6.45) is 0. The quantitative estimate of drug-likeness (QED) is 0.634. The molecule has 0 fully saturated rings. The number of amides is 2. The Hall–Kier alpha value is -3.67. The van der Waals surface area contributed by atoms with Crippen LogP contribution in [0.3, 0.4) is 0 Å². The van der Waals surface area contributed by atoms with Crippen LogP contribution >= 0.6 is 0 Å². The fraction of sp³-hybridized carbons (Fsp3) is 0.240. The summed E-state index contributed by atoms with van der Waals surface area (Å²) in [6, 6.07) is 21.4. The lowest BCUT2D eigenvalue weighted by molar-refractivity contribution is 0.174. The molecule has 5 rings (SSSR count). The maximum Gasteiger partial charge on any atom is 0.322 e. The molecule has 31 heavy (non-hydrogen) atoms. The first-order valence-electron chi connectivity index (χ1n) is 10.4. The number of hydrogen-bond acceptors (Lipinski definition) is 4. The molecule has 0 bridgehead atoms. The van der Waals surface area contributed by atoms with Crippen molar-refractivity contribution in [2.45, 2.75) is 32.5 Å². The largest absolute Gasteiger partial charge is 0.489 e. The molecule has 0 radical (unpaired) electrons. The third-order valence-corrected chi connectivity index (χ3v) is 5.56. The summed E-state index contributed by atoms with van der Waals surface area (Å²) in [5.74, 6) is 2.15. The van der Waals surface area contributed by atoms with Gasteiger partial charge in [-0.15, -0.1) is 0 Å². The summed E-state index contributed by atoms with van der Waals surface area (Å²) in [6.45, 7) is 4.69. The van der Waals surface area contributed by atoms with Crippen LogP contribution in [0, 0.1) is 0 Å². The molecule has 2 heterocycles. The average molecular weight is 416 g/mol. The van der Waals surface area contributed by atoms with Gasteiger partial charge in [-0.25, -0.2) is 4.79 Å². The number of ether oxygens (including phenoxy) is 3. The molecule has 0 saturated heterocycles. The predicted molar refractivity (Wildman–Crippen MR) is 118 cm³/mol. The van der Waals surface area contributed by atoms with E-state index in [1.165, 1.54) is 0 Å². The van der Waals surface area contributed by atoms with Crippen molar-refractivity contribution in [3.8, 4) is 17.2 Å². The van der Waals surface area contributed by atoms with Crippen LogP contribution in [0.15, 0.2) is 66.7 Å². The minimum Gasteiger partial charge on any atom is -0.489 e. The van der Waals surface area contributed by atoms with Crippen molar-refractivity contribution in [1.82, 2.24) is 5.32 Å².